The number of carboxylic acid groups (broad SMARTS) is 1. The average Bonchev–Trinajstić information content (AvgIpc) is 2.38. The Balaban J connectivity index is 2.62. The van der Waals surface area contributed by atoms with Gasteiger partial charge in [-0.2, -0.15) is 0 Å². The van der Waals surface area contributed by atoms with E-state index in [2.05, 4.69) is 0 Å². The highest BCUT2D eigenvalue weighted by molar-refractivity contribution is 6.30. The van der Waals surface area contributed by atoms with E-state index in [9.17, 15) is 9.90 Å². The van der Waals surface area contributed by atoms with Crippen LogP contribution in [0.5, 0.6) is 5.75 Å². The Kier molecular flexibility index (Phi) is 4.04. The molecule has 0 aliphatic heterocycles. The number of rotatable bonds is 3. The molecule has 2 rings (SSSR count). The van der Waals surface area contributed by atoms with Gasteiger partial charge in [-0.1, -0.05) is 30.9 Å². The van der Waals surface area contributed by atoms with Crippen LogP contribution < -0.4 is 4.74 Å². The van der Waals surface area contributed by atoms with Crippen molar-refractivity contribution in [2.45, 2.75) is 44.4 Å². The number of aliphatic carboxylic acids is 1. The maximum Gasteiger partial charge on any atom is 0.314 e. The lowest BCUT2D eigenvalue weighted by Gasteiger charge is -2.35. The minimum Gasteiger partial charge on any atom is -0.496 e. The van der Waals surface area contributed by atoms with Crippen LogP contribution in [0.15, 0.2) is 12.1 Å². The maximum atomic E-state index is 11.9. The molecule has 1 aromatic carbocycles. The number of ether oxygens (including phenoxy) is 1. The number of aryl methyl sites for hydroxylation is 1. The predicted molar refractivity (Wildman–Crippen MR) is 75.1 cm³/mol. The third-order valence-electron chi connectivity index (χ3n) is 4.08. The molecule has 1 saturated carbocycles. The monoisotopic (exact) mass is 282 g/mol. The number of carboxylic acids is 1. The molecule has 0 spiro atoms. The van der Waals surface area contributed by atoms with Crippen molar-refractivity contribution >= 4 is 17.6 Å². The van der Waals surface area contributed by atoms with Crippen LogP contribution in [0.1, 0.15) is 43.2 Å². The molecule has 104 valence electrons. The summed E-state index contributed by atoms with van der Waals surface area (Å²) in [6.45, 7) is 1.90. The van der Waals surface area contributed by atoms with Crippen molar-refractivity contribution in [3.63, 3.8) is 0 Å². The van der Waals surface area contributed by atoms with Crippen molar-refractivity contribution in [1.82, 2.24) is 0 Å². The van der Waals surface area contributed by atoms with E-state index in [0.29, 0.717) is 23.6 Å². The third-order valence-corrected chi connectivity index (χ3v) is 4.29. The summed E-state index contributed by atoms with van der Waals surface area (Å²) in [5.74, 6) is -0.110. The van der Waals surface area contributed by atoms with E-state index in [4.69, 9.17) is 16.3 Å². The molecule has 1 aromatic rings. The van der Waals surface area contributed by atoms with Crippen LogP contribution in [0.2, 0.25) is 5.02 Å². The molecule has 1 aliphatic rings. The van der Waals surface area contributed by atoms with Crippen molar-refractivity contribution < 1.29 is 14.6 Å². The topological polar surface area (TPSA) is 46.5 Å². The Morgan fingerprint density at radius 3 is 2.47 bits per heavy atom. The minimum atomic E-state index is -0.848. The van der Waals surface area contributed by atoms with Gasteiger partial charge in [-0.25, -0.2) is 0 Å². The number of hydrogen-bond donors (Lipinski definition) is 1. The second kappa shape index (κ2) is 5.41. The van der Waals surface area contributed by atoms with Gasteiger partial charge < -0.3 is 9.84 Å². The van der Waals surface area contributed by atoms with Crippen molar-refractivity contribution in [3.05, 3.63) is 28.3 Å². The molecule has 19 heavy (non-hydrogen) atoms. The zero-order valence-electron chi connectivity index (χ0n) is 11.3. The Hall–Kier alpha value is -1.22. The second-order valence-corrected chi connectivity index (χ2v) is 5.69. The largest absolute Gasteiger partial charge is 0.496 e. The Morgan fingerprint density at radius 2 is 1.95 bits per heavy atom. The van der Waals surface area contributed by atoms with Crippen molar-refractivity contribution in [2.24, 2.45) is 0 Å². The van der Waals surface area contributed by atoms with Crippen LogP contribution >= 0.6 is 11.6 Å². The zero-order valence-corrected chi connectivity index (χ0v) is 12.1. The first kappa shape index (κ1) is 14.2. The van der Waals surface area contributed by atoms with E-state index < -0.39 is 11.4 Å². The highest BCUT2D eigenvalue weighted by Gasteiger charge is 2.43. The summed E-state index contributed by atoms with van der Waals surface area (Å²) in [5.41, 5.74) is 0.766. The summed E-state index contributed by atoms with van der Waals surface area (Å²) in [4.78, 5) is 11.9. The Bertz CT molecular complexity index is 490. The molecule has 0 unspecified atom stereocenters. The van der Waals surface area contributed by atoms with Gasteiger partial charge in [-0.3, -0.25) is 4.79 Å². The van der Waals surface area contributed by atoms with Crippen molar-refractivity contribution in [2.75, 3.05) is 7.11 Å². The summed E-state index contributed by atoms with van der Waals surface area (Å²) in [6, 6.07) is 3.56. The SMILES string of the molecule is COc1c(C)cc(Cl)cc1C1(C(=O)O)CCCCC1. The minimum absolute atomic E-state index is 0.569. The lowest BCUT2D eigenvalue weighted by molar-refractivity contribution is -0.145. The normalized spacial score (nSPS) is 18.1. The van der Waals surface area contributed by atoms with Crippen molar-refractivity contribution in [1.29, 1.82) is 0 Å². The summed E-state index contributed by atoms with van der Waals surface area (Å²) < 4.78 is 5.44. The fraction of sp³-hybridized carbons (Fsp3) is 0.533. The van der Waals surface area contributed by atoms with Gasteiger partial charge in [-0.15, -0.1) is 0 Å². The van der Waals surface area contributed by atoms with Gasteiger partial charge in [0, 0.05) is 10.6 Å². The Labute approximate surface area is 118 Å². The van der Waals surface area contributed by atoms with Crippen LogP contribution in [0, 0.1) is 6.92 Å². The fourth-order valence-corrected chi connectivity index (χ4v) is 3.38. The second-order valence-electron chi connectivity index (χ2n) is 5.25. The van der Waals surface area contributed by atoms with E-state index in [1.54, 1.807) is 13.2 Å². The standard InChI is InChI=1S/C15H19ClO3/c1-10-8-11(16)9-12(13(10)19-2)15(14(17)18)6-4-3-5-7-15/h8-9H,3-7H2,1-2H3,(H,17,18). The fourth-order valence-electron chi connectivity index (χ4n) is 3.11. The van der Waals surface area contributed by atoms with Crippen LogP contribution in [0.25, 0.3) is 0 Å². The molecule has 0 aromatic heterocycles. The molecule has 0 heterocycles. The predicted octanol–water partition coefficient (Wildman–Crippen LogP) is 3.94. The average molecular weight is 283 g/mol. The van der Waals surface area contributed by atoms with Gasteiger partial charge in [-0.05, 0) is 37.5 Å². The molecule has 0 bridgehead atoms. The van der Waals surface area contributed by atoms with Gasteiger partial charge in [0.15, 0.2) is 0 Å². The van der Waals surface area contributed by atoms with E-state index in [1.807, 2.05) is 13.0 Å². The zero-order chi connectivity index (χ0) is 14.0. The van der Waals surface area contributed by atoms with Crippen molar-refractivity contribution in [3.8, 4) is 5.75 Å². The van der Waals surface area contributed by atoms with Crippen LogP contribution in [-0.4, -0.2) is 18.2 Å². The van der Waals surface area contributed by atoms with Crippen LogP contribution in [-0.2, 0) is 10.2 Å². The summed E-state index contributed by atoms with van der Waals surface area (Å²) in [5, 5.41) is 10.3. The Morgan fingerprint density at radius 1 is 1.32 bits per heavy atom. The molecule has 0 radical (unpaired) electrons. The van der Waals surface area contributed by atoms with E-state index in [-0.39, 0.29) is 0 Å². The highest BCUT2D eigenvalue weighted by Crippen LogP contribution is 2.45. The molecule has 3 nitrogen and oxygen atoms in total. The van der Waals surface area contributed by atoms with E-state index >= 15 is 0 Å². The first-order chi connectivity index (χ1) is 9.01. The van der Waals surface area contributed by atoms with E-state index in [0.717, 1.165) is 30.4 Å². The number of benzene rings is 1. The number of methoxy groups -OCH3 is 1. The van der Waals surface area contributed by atoms with Gasteiger partial charge in [0.2, 0.25) is 0 Å². The van der Waals surface area contributed by atoms with E-state index in [1.165, 1.54) is 0 Å². The number of halogens is 1. The number of carbonyl (C=O) groups is 1. The lowest BCUT2D eigenvalue weighted by Crippen LogP contribution is -2.38. The molecule has 1 fully saturated rings. The molecule has 1 aliphatic carbocycles. The molecule has 0 atom stereocenters. The quantitative estimate of drug-likeness (QED) is 0.913. The van der Waals surface area contributed by atoms with Crippen LogP contribution in [0.3, 0.4) is 0 Å². The summed E-state index contributed by atoms with van der Waals surface area (Å²) >= 11 is 6.12. The molecule has 4 heteroatoms. The van der Waals surface area contributed by atoms with Gasteiger partial charge >= 0.3 is 5.97 Å². The molecular formula is C15H19ClO3. The first-order valence-corrected chi connectivity index (χ1v) is 6.97. The maximum absolute atomic E-state index is 11.9. The molecular weight excluding hydrogens is 264 g/mol. The lowest BCUT2D eigenvalue weighted by atomic mass is 9.69. The summed E-state index contributed by atoms with van der Waals surface area (Å²) in [7, 11) is 1.58. The third kappa shape index (κ3) is 2.44. The molecule has 0 amide bonds. The molecule has 0 saturated heterocycles. The molecule has 1 N–H and O–H groups in total. The van der Waals surface area contributed by atoms with Gasteiger partial charge in [0.1, 0.15) is 5.75 Å². The van der Waals surface area contributed by atoms with Crippen LogP contribution in [0.4, 0.5) is 0 Å². The van der Waals surface area contributed by atoms with Gasteiger partial charge in [0.05, 0.1) is 12.5 Å². The summed E-state index contributed by atoms with van der Waals surface area (Å²) in [6.07, 6.45) is 4.26. The highest BCUT2D eigenvalue weighted by atomic mass is 35.5. The number of hydrogen-bond acceptors (Lipinski definition) is 2. The smallest absolute Gasteiger partial charge is 0.314 e. The van der Waals surface area contributed by atoms with Gasteiger partial charge in [0.25, 0.3) is 0 Å². The first-order valence-electron chi connectivity index (χ1n) is 6.59.